The summed E-state index contributed by atoms with van der Waals surface area (Å²) in [5.41, 5.74) is 0.851. The molecule has 2 saturated carbocycles. The zero-order valence-electron chi connectivity index (χ0n) is 16.0. The van der Waals surface area contributed by atoms with E-state index in [0.29, 0.717) is 17.4 Å². The smallest absolute Gasteiger partial charge is 0.260 e. The normalized spacial score (nSPS) is 37.9. The molecule has 2 bridgehead atoms. The summed E-state index contributed by atoms with van der Waals surface area (Å²) in [6.07, 6.45) is 9.89. The van der Waals surface area contributed by atoms with Crippen molar-refractivity contribution in [2.24, 2.45) is 17.8 Å². The van der Waals surface area contributed by atoms with Gasteiger partial charge in [-0.3, -0.25) is 0 Å². The zero-order valence-corrected chi connectivity index (χ0v) is 16.0. The third-order valence-electron chi connectivity index (χ3n) is 6.95. The average Bonchev–Trinajstić information content (AvgIpc) is 2.67. The fourth-order valence-corrected chi connectivity index (χ4v) is 5.76. The Labute approximate surface area is 160 Å². The van der Waals surface area contributed by atoms with Crippen molar-refractivity contribution in [3.8, 4) is 11.8 Å². The molecule has 1 heterocycles. The van der Waals surface area contributed by atoms with Crippen LogP contribution in [0, 0.1) is 29.1 Å². The van der Waals surface area contributed by atoms with Gasteiger partial charge in [0.25, 0.3) is 5.79 Å². The fourth-order valence-electron chi connectivity index (χ4n) is 5.76. The molecule has 1 spiro atoms. The van der Waals surface area contributed by atoms with Crippen molar-refractivity contribution in [2.45, 2.75) is 56.8 Å². The van der Waals surface area contributed by atoms with Gasteiger partial charge in [-0.2, -0.15) is 10.1 Å². The number of ether oxygens (including phenoxy) is 1. The third-order valence-corrected chi connectivity index (χ3v) is 6.95. The Morgan fingerprint density at radius 3 is 2.81 bits per heavy atom. The van der Waals surface area contributed by atoms with E-state index in [1.54, 1.807) is 25.3 Å². The highest BCUT2D eigenvalue weighted by atomic mass is 17.3. The van der Waals surface area contributed by atoms with E-state index in [2.05, 4.69) is 6.92 Å². The number of hydrogen-bond acceptors (Lipinski definition) is 5. The molecule has 0 aromatic heterocycles. The quantitative estimate of drug-likeness (QED) is 0.617. The number of aromatic hydroxyl groups is 1. The van der Waals surface area contributed by atoms with Gasteiger partial charge in [0, 0.05) is 24.3 Å². The van der Waals surface area contributed by atoms with Crippen LogP contribution in [0.25, 0.3) is 6.08 Å². The van der Waals surface area contributed by atoms with Crippen LogP contribution in [0.2, 0.25) is 0 Å². The van der Waals surface area contributed by atoms with E-state index in [4.69, 9.17) is 19.8 Å². The Morgan fingerprint density at radius 1 is 1.33 bits per heavy atom. The van der Waals surface area contributed by atoms with Gasteiger partial charge in [-0.1, -0.05) is 38.3 Å². The number of nitrogens with zero attached hydrogens (tertiary/aromatic N) is 1. The van der Waals surface area contributed by atoms with Gasteiger partial charge < -0.3 is 9.84 Å². The van der Waals surface area contributed by atoms with Gasteiger partial charge in [0.15, 0.2) is 5.60 Å². The lowest BCUT2D eigenvalue weighted by molar-refractivity contribution is -0.641. The highest BCUT2D eigenvalue weighted by Gasteiger charge is 2.74. The fraction of sp³-hybridized carbons (Fsp3) is 0.591. The van der Waals surface area contributed by atoms with Crippen molar-refractivity contribution in [2.75, 3.05) is 7.11 Å². The van der Waals surface area contributed by atoms with Crippen LogP contribution in [0.1, 0.15) is 56.6 Å². The first-order valence-electron chi connectivity index (χ1n) is 9.93. The van der Waals surface area contributed by atoms with E-state index in [0.717, 1.165) is 37.2 Å². The van der Waals surface area contributed by atoms with Gasteiger partial charge in [0.1, 0.15) is 5.75 Å². The first-order valence-corrected chi connectivity index (χ1v) is 9.93. The van der Waals surface area contributed by atoms with Gasteiger partial charge in [-0.05, 0) is 49.2 Å². The summed E-state index contributed by atoms with van der Waals surface area (Å²) < 4.78 is 6.02. The number of nitriles is 1. The van der Waals surface area contributed by atoms with Gasteiger partial charge >= 0.3 is 0 Å². The predicted octanol–water partition coefficient (Wildman–Crippen LogP) is 4.67. The Bertz CT molecular complexity index is 777. The van der Waals surface area contributed by atoms with Crippen LogP contribution in [0.5, 0.6) is 5.75 Å². The van der Waals surface area contributed by atoms with Gasteiger partial charge in [-0.25, -0.2) is 4.89 Å². The number of hydrogen-bond donors (Lipinski definition) is 1. The summed E-state index contributed by atoms with van der Waals surface area (Å²) in [7, 11) is 1.66. The number of allylic oxidation sites excluding steroid dienone is 1. The highest BCUT2D eigenvalue weighted by molar-refractivity contribution is 5.59. The van der Waals surface area contributed by atoms with Crippen LogP contribution in [-0.2, 0) is 20.3 Å². The van der Waals surface area contributed by atoms with Crippen LogP contribution in [-0.4, -0.2) is 17.8 Å². The molecule has 144 valence electrons. The Morgan fingerprint density at radius 2 is 2.19 bits per heavy atom. The number of phenolic OH excluding ortho intramolecular Hbond substituents is 1. The molecule has 1 N–H and O–H groups in total. The molecule has 3 aliphatic rings. The molecule has 3 fully saturated rings. The first kappa shape index (κ1) is 18.5. The molecule has 1 aliphatic heterocycles. The topological polar surface area (TPSA) is 71.7 Å². The summed E-state index contributed by atoms with van der Waals surface area (Å²) in [6, 6.07) is 7.33. The van der Waals surface area contributed by atoms with Gasteiger partial charge in [0.05, 0.1) is 6.07 Å². The maximum absolute atomic E-state index is 10.5. The molecule has 5 atom stereocenters. The number of fused-ring (bicyclic) bond motifs is 3. The van der Waals surface area contributed by atoms with Gasteiger partial charge in [0.2, 0.25) is 0 Å². The molecule has 5 heteroatoms. The van der Waals surface area contributed by atoms with Crippen LogP contribution in [0.3, 0.4) is 0 Å². The minimum Gasteiger partial charge on any atom is -0.507 e. The van der Waals surface area contributed by atoms with E-state index in [1.807, 2.05) is 12.1 Å². The zero-order chi connectivity index (χ0) is 19.1. The third kappa shape index (κ3) is 2.55. The molecule has 1 aromatic carbocycles. The van der Waals surface area contributed by atoms with Crippen LogP contribution >= 0.6 is 0 Å². The standard InChI is InChI=1S/C22H27NO4/c1-3-17-12-15-6-4-8-18(13-15)21(17)22(25-2,27-26-21)19-10-9-16(7-5-11-23)20(24)14-19/h5,7,9-10,14-15,17-18,24H,3-4,6,8,12-13H2,1-2H3/b7-5+. The molecular weight excluding hydrogens is 342 g/mol. The highest BCUT2D eigenvalue weighted by Crippen LogP contribution is 2.64. The lowest BCUT2D eigenvalue weighted by atomic mass is 9.54. The second-order valence-corrected chi connectivity index (χ2v) is 8.09. The molecule has 4 rings (SSSR count). The lowest BCUT2D eigenvalue weighted by Crippen LogP contribution is -2.74. The summed E-state index contributed by atoms with van der Waals surface area (Å²) in [4.78, 5) is 11.7. The minimum atomic E-state index is -1.00. The van der Waals surface area contributed by atoms with E-state index in [1.165, 1.54) is 18.9 Å². The number of methoxy groups -OCH3 is 1. The second-order valence-electron chi connectivity index (χ2n) is 8.09. The van der Waals surface area contributed by atoms with Crippen LogP contribution in [0.15, 0.2) is 24.3 Å². The molecule has 27 heavy (non-hydrogen) atoms. The Balaban J connectivity index is 1.77. The largest absolute Gasteiger partial charge is 0.507 e. The second kappa shape index (κ2) is 6.94. The lowest BCUT2D eigenvalue weighted by Gasteiger charge is -2.64. The van der Waals surface area contributed by atoms with Crippen molar-refractivity contribution in [1.82, 2.24) is 0 Å². The monoisotopic (exact) mass is 369 g/mol. The summed E-state index contributed by atoms with van der Waals surface area (Å²) in [5.74, 6) is 0.617. The van der Waals surface area contributed by atoms with Crippen molar-refractivity contribution in [3.05, 3.63) is 35.4 Å². The Kier molecular flexibility index (Phi) is 4.75. The van der Waals surface area contributed by atoms with Gasteiger partial charge in [-0.15, -0.1) is 0 Å². The average molecular weight is 369 g/mol. The first-order chi connectivity index (χ1) is 13.1. The van der Waals surface area contributed by atoms with E-state index in [-0.39, 0.29) is 5.75 Å². The van der Waals surface area contributed by atoms with Crippen molar-refractivity contribution in [3.63, 3.8) is 0 Å². The van der Waals surface area contributed by atoms with Crippen LogP contribution in [0.4, 0.5) is 0 Å². The molecule has 2 aliphatic carbocycles. The molecular formula is C22H27NO4. The van der Waals surface area contributed by atoms with Crippen molar-refractivity contribution in [1.29, 1.82) is 5.26 Å². The Hall–Kier alpha value is -1.87. The van der Waals surface area contributed by atoms with E-state index in [9.17, 15) is 5.11 Å². The minimum absolute atomic E-state index is 0.103. The molecule has 1 saturated heterocycles. The van der Waals surface area contributed by atoms with Crippen LogP contribution < -0.4 is 0 Å². The number of benzene rings is 1. The summed E-state index contributed by atoms with van der Waals surface area (Å²) in [6.45, 7) is 2.21. The van der Waals surface area contributed by atoms with E-state index >= 15 is 0 Å². The molecule has 5 nitrogen and oxygen atoms in total. The number of rotatable bonds is 4. The van der Waals surface area contributed by atoms with Crippen molar-refractivity contribution >= 4 is 6.08 Å². The maximum Gasteiger partial charge on any atom is 0.260 e. The molecule has 1 aromatic rings. The van der Waals surface area contributed by atoms with E-state index < -0.39 is 11.4 Å². The molecule has 5 unspecified atom stereocenters. The molecule has 0 amide bonds. The number of phenols is 1. The molecule has 0 radical (unpaired) electrons. The maximum atomic E-state index is 10.5. The summed E-state index contributed by atoms with van der Waals surface area (Å²) in [5, 5.41) is 19.2. The SMILES string of the molecule is CCC1CC2CCCC(C2)C12OOC2(OC)c1ccc(/C=C/C#N)c(O)c1. The predicted molar refractivity (Wildman–Crippen MR) is 100 cm³/mol. The summed E-state index contributed by atoms with van der Waals surface area (Å²) >= 11 is 0. The van der Waals surface area contributed by atoms with Crippen molar-refractivity contribution < 1.29 is 19.6 Å².